The van der Waals surface area contributed by atoms with E-state index in [1.807, 2.05) is 6.07 Å². The van der Waals surface area contributed by atoms with Gasteiger partial charge in [0.05, 0.1) is 6.04 Å². The van der Waals surface area contributed by atoms with Crippen LogP contribution in [0.3, 0.4) is 0 Å². The zero-order chi connectivity index (χ0) is 19.6. The molecule has 0 bridgehead atoms. The van der Waals surface area contributed by atoms with Crippen molar-refractivity contribution in [3.8, 4) is 0 Å². The van der Waals surface area contributed by atoms with Crippen molar-refractivity contribution in [2.45, 2.75) is 38.3 Å². The molecule has 1 heterocycles. The van der Waals surface area contributed by atoms with Gasteiger partial charge in [0.15, 0.2) is 5.96 Å². The zero-order valence-electron chi connectivity index (χ0n) is 16.7. The molecule has 3 aromatic carbocycles. The highest BCUT2D eigenvalue weighted by Gasteiger charge is 2.31. The van der Waals surface area contributed by atoms with E-state index < -0.39 is 0 Å². The molecule has 4 rings (SSSR count). The molecular formula is C25H27N3. The van der Waals surface area contributed by atoms with Crippen LogP contribution in [0.2, 0.25) is 0 Å². The highest BCUT2D eigenvalue weighted by molar-refractivity contribution is 5.96. The quantitative estimate of drug-likeness (QED) is 0.609. The molecule has 0 unspecified atom stereocenters. The van der Waals surface area contributed by atoms with Gasteiger partial charge in [-0.05, 0) is 28.2 Å². The van der Waals surface area contributed by atoms with Crippen LogP contribution in [0.5, 0.6) is 0 Å². The van der Waals surface area contributed by atoms with Crippen molar-refractivity contribution in [1.82, 2.24) is 5.32 Å². The van der Waals surface area contributed by atoms with Gasteiger partial charge in [-0.25, -0.2) is 4.99 Å². The van der Waals surface area contributed by atoms with Crippen LogP contribution >= 0.6 is 0 Å². The van der Waals surface area contributed by atoms with Crippen LogP contribution in [0, 0.1) is 0 Å². The van der Waals surface area contributed by atoms with E-state index in [0.717, 1.165) is 11.6 Å². The predicted octanol–water partition coefficient (Wildman–Crippen LogP) is 5.84. The zero-order valence-corrected chi connectivity index (χ0v) is 16.7. The molecule has 3 nitrogen and oxygen atoms in total. The van der Waals surface area contributed by atoms with Gasteiger partial charge in [-0.2, -0.15) is 0 Å². The predicted molar refractivity (Wildman–Crippen MR) is 118 cm³/mol. The first-order valence-electron chi connectivity index (χ1n) is 9.83. The Balaban J connectivity index is 1.68. The first-order chi connectivity index (χ1) is 13.5. The second-order valence-corrected chi connectivity index (χ2v) is 8.29. The second-order valence-electron chi connectivity index (χ2n) is 8.29. The molecule has 3 heteroatoms. The summed E-state index contributed by atoms with van der Waals surface area (Å²) in [6.45, 7) is 6.70. The number of aliphatic imine (C=N–C) groups is 1. The maximum absolute atomic E-state index is 5.03. The summed E-state index contributed by atoms with van der Waals surface area (Å²) in [4.78, 5) is 5.03. The van der Waals surface area contributed by atoms with Crippen LogP contribution in [-0.4, -0.2) is 5.96 Å². The van der Waals surface area contributed by atoms with Crippen molar-refractivity contribution >= 4 is 11.6 Å². The van der Waals surface area contributed by atoms with Crippen LogP contribution in [-0.2, 0) is 5.41 Å². The summed E-state index contributed by atoms with van der Waals surface area (Å²) >= 11 is 0. The number of benzene rings is 3. The van der Waals surface area contributed by atoms with Gasteiger partial charge in [-0.1, -0.05) is 99.6 Å². The lowest BCUT2D eigenvalue weighted by molar-refractivity contribution is 0.572. The largest absolute Gasteiger partial charge is 0.347 e. The van der Waals surface area contributed by atoms with Crippen molar-refractivity contribution < 1.29 is 0 Å². The lowest BCUT2D eigenvalue weighted by Gasteiger charge is -2.24. The van der Waals surface area contributed by atoms with Crippen molar-refractivity contribution in [1.29, 1.82) is 0 Å². The number of nitrogens with one attached hydrogen (secondary N) is 2. The first-order valence-corrected chi connectivity index (χ1v) is 9.83. The van der Waals surface area contributed by atoms with Crippen LogP contribution in [0.25, 0.3) is 0 Å². The summed E-state index contributed by atoms with van der Waals surface area (Å²) in [5, 5.41) is 7.18. The average Bonchev–Trinajstić information content (AvgIpc) is 3.13. The number of nitrogens with zero attached hydrogens (tertiary/aromatic N) is 1. The van der Waals surface area contributed by atoms with Gasteiger partial charge in [0.25, 0.3) is 0 Å². The molecule has 2 N–H and O–H groups in total. The van der Waals surface area contributed by atoms with E-state index >= 15 is 0 Å². The number of para-hydroxylation sites is 1. The van der Waals surface area contributed by atoms with Gasteiger partial charge >= 0.3 is 0 Å². The molecule has 142 valence electrons. The first kappa shape index (κ1) is 18.3. The lowest BCUT2D eigenvalue weighted by atomic mass is 9.86. The Kier molecular flexibility index (Phi) is 4.91. The fourth-order valence-corrected chi connectivity index (χ4v) is 3.76. The van der Waals surface area contributed by atoms with E-state index in [4.69, 9.17) is 4.99 Å². The topological polar surface area (TPSA) is 36.4 Å². The molecular weight excluding hydrogens is 342 g/mol. The molecule has 0 saturated heterocycles. The highest BCUT2D eigenvalue weighted by Crippen LogP contribution is 2.37. The number of rotatable bonds is 3. The number of hydrogen-bond acceptors (Lipinski definition) is 3. The molecule has 0 aliphatic carbocycles. The number of anilines is 1. The van der Waals surface area contributed by atoms with E-state index in [2.05, 4.69) is 110 Å². The third-order valence-electron chi connectivity index (χ3n) is 5.16. The summed E-state index contributed by atoms with van der Waals surface area (Å²) < 4.78 is 0. The smallest absolute Gasteiger partial charge is 0.197 e. The molecule has 0 saturated carbocycles. The molecule has 2 atom stereocenters. The second kappa shape index (κ2) is 7.51. The number of guanidine groups is 1. The normalized spacial score (nSPS) is 19.0. The Bertz CT molecular complexity index is 956. The summed E-state index contributed by atoms with van der Waals surface area (Å²) in [5.74, 6) is 0.819. The molecule has 0 spiro atoms. The molecule has 3 aromatic rings. The van der Waals surface area contributed by atoms with Crippen molar-refractivity contribution in [2.75, 3.05) is 5.32 Å². The minimum absolute atomic E-state index is 0.0351. The van der Waals surface area contributed by atoms with Gasteiger partial charge < -0.3 is 10.6 Å². The van der Waals surface area contributed by atoms with Gasteiger partial charge in [0.2, 0.25) is 0 Å². The van der Waals surface area contributed by atoms with E-state index in [-0.39, 0.29) is 17.5 Å². The lowest BCUT2D eigenvalue weighted by Crippen LogP contribution is -2.30. The summed E-state index contributed by atoms with van der Waals surface area (Å²) in [7, 11) is 0. The van der Waals surface area contributed by atoms with Gasteiger partial charge in [-0.3, -0.25) is 0 Å². The summed E-state index contributed by atoms with van der Waals surface area (Å²) in [6, 6.07) is 29.6. The van der Waals surface area contributed by atoms with E-state index in [9.17, 15) is 0 Å². The number of hydrogen-bond donors (Lipinski definition) is 2. The SMILES string of the molecule is CC(C)(C)c1ccccc1NC1=N[C@@H](c2ccccc2)[C@H](c2ccccc2)N1. The third-order valence-corrected chi connectivity index (χ3v) is 5.16. The van der Waals surface area contributed by atoms with Crippen molar-refractivity contribution in [3.05, 3.63) is 102 Å². The Morgan fingerprint density at radius 1 is 0.750 bits per heavy atom. The van der Waals surface area contributed by atoms with Gasteiger partial charge in [0.1, 0.15) is 6.04 Å². The monoisotopic (exact) mass is 369 g/mol. The van der Waals surface area contributed by atoms with Crippen LogP contribution in [0.15, 0.2) is 89.9 Å². The highest BCUT2D eigenvalue weighted by atomic mass is 15.3. The molecule has 28 heavy (non-hydrogen) atoms. The Morgan fingerprint density at radius 3 is 1.96 bits per heavy atom. The fourth-order valence-electron chi connectivity index (χ4n) is 3.76. The fraction of sp³-hybridized carbons (Fsp3) is 0.240. The van der Waals surface area contributed by atoms with E-state index in [1.54, 1.807) is 0 Å². The Hall–Kier alpha value is -3.07. The van der Waals surface area contributed by atoms with Crippen LogP contribution < -0.4 is 10.6 Å². The van der Waals surface area contributed by atoms with Crippen LogP contribution in [0.1, 0.15) is 49.5 Å². The van der Waals surface area contributed by atoms with E-state index in [0.29, 0.717) is 0 Å². The maximum atomic E-state index is 5.03. The third kappa shape index (κ3) is 3.79. The molecule has 1 aliphatic rings. The van der Waals surface area contributed by atoms with Crippen molar-refractivity contribution in [2.24, 2.45) is 4.99 Å². The molecule has 0 fully saturated rings. The molecule has 1 aliphatic heterocycles. The molecule has 0 radical (unpaired) electrons. The van der Waals surface area contributed by atoms with Crippen molar-refractivity contribution in [3.63, 3.8) is 0 Å². The maximum Gasteiger partial charge on any atom is 0.197 e. The Morgan fingerprint density at radius 2 is 1.32 bits per heavy atom. The van der Waals surface area contributed by atoms with Crippen LogP contribution in [0.4, 0.5) is 5.69 Å². The minimum Gasteiger partial charge on any atom is -0.347 e. The van der Waals surface area contributed by atoms with Gasteiger partial charge in [0, 0.05) is 5.69 Å². The summed E-state index contributed by atoms with van der Waals surface area (Å²) in [5.41, 5.74) is 4.88. The molecule has 0 aromatic heterocycles. The minimum atomic E-state index is 0.0351. The Labute approximate surface area is 167 Å². The van der Waals surface area contributed by atoms with Gasteiger partial charge in [-0.15, -0.1) is 0 Å². The average molecular weight is 370 g/mol. The summed E-state index contributed by atoms with van der Waals surface area (Å²) in [6.07, 6.45) is 0. The van der Waals surface area contributed by atoms with E-state index in [1.165, 1.54) is 16.7 Å². The molecule has 0 amide bonds. The standard InChI is InChI=1S/C25H27N3/c1-25(2,3)20-16-10-11-17-21(20)26-24-27-22(18-12-6-4-7-13-18)23(28-24)19-14-8-5-9-15-19/h4-17,22-23H,1-3H3,(H2,26,27,28)/t22-,23-/m0/s1.